The molecule has 3 aromatic heterocycles. The van der Waals surface area contributed by atoms with Crippen LogP contribution in [0.3, 0.4) is 0 Å². The molecule has 0 spiro atoms. The summed E-state index contributed by atoms with van der Waals surface area (Å²) in [5.74, 6) is 0.395. The zero-order valence-corrected chi connectivity index (χ0v) is 12.9. The van der Waals surface area contributed by atoms with Crippen LogP contribution in [0.25, 0.3) is 17.7 Å². The lowest BCUT2D eigenvalue weighted by Crippen LogP contribution is -1.91. The molecule has 0 fully saturated rings. The molecule has 0 saturated heterocycles. The minimum atomic E-state index is 0. The van der Waals surface area contributed by atoms with Gasteiger partial charge in [-0.05, 0) is 35.7 Å². The summed E-state index contributed by atoms with van der Waals surface area (Å²) in [6, 6.07) is 10.1. The predicted octanol–water partition coefficient (Wildman–Crippen LogP) is 4.44. The summed E-state index contributed by atoms with van der Waals surface area (Å²) in [5.41, 5.74) is 4.60. The minimum Gasteiger partial charge on any atom is -0.265 e. The van der Waals surface area contributed by atoms with E-state index in [4.69, 9.17) is 0 Å². The molecule has 3 aromatic rings. The summed E-state index contributed by atoms with van der Waals surface area (Å²) < 4.78 is 1.95. The van der Waals surface area contributed by atoms with Crippen LogP contribution in [-0.4, -0.2) is 14.6 Å². The van der Waals surface area contributed by atoms with Crippen molar-refractivity contribution < 1.29 is 0 Å². The van der Waals surface area contributed by atoms with Crippen LogP contribution in [-0.2, 0) is 0 Å². The number of hydrogen-bond acceptors (Lipinski definition) is 2. The second-order valence-corrected chi connectivity index (χ2v) is 5.10. The Labute approximate surface area is 130 Å². The lowest BCUT2D eigenvalue weighted by molar-refractivity contribution is 0.787. The summed E-state index contributed by atoms with van der Waals surface area (Å²) in [4.78, 5) is 4.04. The van der Waals surface area contributed by atoms with Crippen molar-refractivity contribution in [2.24, 2.45) is 0 Å². The van der Waals surface area contributed by atoms with Crippen LogP contribution >= 0.6 is 12.4 Å². The Kier molecular flexibility index (Phi) is 4.76. The largest absolute Gasteiger partial charge is 0.265 e. The fraction of sp³-hybridized carbons (Fsp3) is 0.176. The molecule has 0 unspecified atom stereocenters. The number of nitrogens with zero attached hydrogens (tertiary/aromatic N) is 3. The number of hydrogen-bond donors (Lipinski definition) is 0. The molecule has 3 heterocycles. The van der Waals surface area contributed by atoms with E-state index in [1.54, 1.807) is 12.4 Å². The van der Waals surface area contributed by atoms with Crippen LogP contribution in [0.2, 0.25) is 0 Å². The van der Waals surface area contributed by atoms with Crippen molar-refractivity contribution in [3.63, 3.8) is 0 Å². The van der Waals surface area contributed by atoms with Gasteiger partial charge in [-0.15, -0.1) is 12.4 Å². The Morgan fingerprint density at radius 3 is 2.52 bits per heavy atom. The summed E-state index contributed by atoms with van der Waals surface area (Å²) >= 11 is 0. The highest BCUT2D eigenvalue weighted by Gasteiger charge is 2.12. The smallest absolute Gasteiger partial charge is 0.0737 e. The molecule has 0 atom stereocenters. The first-order valence-corrected chi connectivity index (χ1v) is 6.81. The number of aromatic nitrogens is 3. The second kappa shape index (κ2) is 6.55. The summed E-state index contributed by atoms with van der Waals surface area (Å²) in [7, 11) is 0. The van der Waals surface area contributed by atoms with Crippen molar-refractivity contribution in [1.82, 2.24) is 14.6 Å². The highest BCUT2D eigenvalue weighted by Crippen LogP contribution is 2.24. The van der Waals surface area contributed by atoms with Gasteiger partial charge in [0.2, 0.25) is 0 Å². The van der Waals surface area contributed by atoms with Gasteiger partial charge in [0.05, 0.1) is 11.2 Å². The van der Waals surface area contributed by atoms with Gasteiger partial charge in [0.25, 0.3) is 0 Å². The van der Waals surface area contributed by atoms with Crippen molar-refractivity contribution in [3.8, 4) is 0 Å². The number of pyridine rings is 2. The van der Waals surface area contributed by atoms with Gasteiger partial charge in [0.15, 0.2) is 0 Å². The molecule has 0 radical (unpaired) electrons. The zero-order valence-electron chi connectivity index (χ0n) is 12.1. The van der Waals surface area contributed by atoms with E-state index < -0.39 is 0 Å². The van der Waals surface area contributed by atoms with Gasteiger partial charge in [-0.3, -0.25) is 4.98 Å². The maximum atomic E-state index is 4.68. The molecule has 0 bridgehead atoms. The van der Waals surface area contributed by atoms with E-state index in [-0.39, 0.29) is 12.4 Å². The van der Waals surface area contributed by atoms with Crippen LogP contribution < -0.4 is 0 Å². The molecule has 0 N–H and O–H groups in total. The number of fused-ring (bicyclic) bond motifs is 1. The summed E-state index contributed by atoms with van der Waals surface area (Å²) in [5, 5.41) is 4.68. The van der Waals surface area contributed by atoms with Gasteiger partial charge in [0.1, 0.15) is 0 Å². The molecule has 0 aromatic carbocycles. The molecule has 3 nitrogen and oxygen atoms in total. The maximum absolute atomic E-state index is 4.68. The molecular weight excluding hydrogens is 282 g/mol. The van der Waals surface area contributed by atoms with Gasteiger partial charge < -0.3 is 0 Å². The number of rotatable bonds is 3. The van der Waals surface area contributed by atoms with Crippen molar-refractivity contribution >= 4 is 30.1 Å². The van der Waals surface area contributed by atoms with Crippen LogP contribution in [0.15, 0.2) is 48.9 Å². The average molecular weight is 300 g/mol. The maximum Gasteiger partial charge on any atom is 0.0737 e. The summed E-state index contributed by atoms with van der Waals surface area (Å²) in [6.07, 6.45) is 9.85. The normalized spacial score (nSPS) is 11.2. The van der Waals surface area contributed by atoms with E-state index in [9.17, 15) is 0 Å². The van der Waals surface area contributed by atoms with Gasteiger partial charge in [0, 0.05) is 24.2 Å². The Hall–Kier alpha value is -2.13. The summed E-state index contributed by atoms with van der Waals surface area (Å²) in [6.45, 7) is 4.34. The van der Waals surface area contributed by atoms with Gasteiger partial charge >= 0.3 is 0 Å². The predicted molar refractivity (Wildman–Crippen MR) is 89.7 cm³/mol. The number of halogens is 1. The fourth-order valence-corrected chi connectivity index (χ4v) is 2.29. The highest BCUT2D eigenvalue weighted by atomic mass is 35.5. The molecule has 21 heavy (non-hydrogen) atoms. The first-order chi connectivity index (χ1) is 9.75. The van der Waals surface area contributed by atoms with E-state index in [0.29, 0.717) is 5.92 Å². The van der Waals surface area contributed by atoms with E-state index in [0.717, 1.165) is 16.8 Å². The van der Waals surface area contributed by atoms with E-state index >= 15 is 0 Å². The Balaban J connectivity index is 0.00000161. The van der Waals surface area contributed by atoms with Crippen LogP contribution in [0, 0.1) is 0 Å². The van der Waals surface area contributed by atoms with Crippen molar-refractivity contribution in [1.29, 1.82) is 0 Å². The molecular formula is C17H18ClN3. The molecule has 0 aliphatic rings. The Bertz CT molecular complexity index is 745. The van der Waals surface area contributed by atoms with Gasteiger partial charge in [-0.25, -0.2) is 4.52 Å². The van der Waals surface area contributed by atoms with E-state index in [1.807, 2.05) is 35.0 Å². The van der Waals surface area contributed by atoms with Crippen molar-refractivity contribution in [3.05, 3.63) is 65.7 Å². The minimum absolute atomic E-state index is 0. The second-order valence-electron chi connectivity index (χ2n) is 5.10. The first kappa shape index (κ1) is 15.3. The molecule has 108 valence electrons. The quantitative estimate of drug-likeness (QED) is 0.715. The Morgan fingerprint density at radius 2 is 1.81 bits per heavy atom. The first-order valence-electron chi connectivity index (χ1n) is 6.81. The SMILES string of the molecule is CC(C)c1nn2ccccc2c1/C=C/c1ccncc1.Cl. The van der Waals surface area contributed by atoms with Crippen LogP contribution in [0.5, 0.6) is 0 Å². The molecule has 0 aliphatic heterocycles. The lowest BCUT2D eigenvalue weighted by Gasteiger charge is -2.01. The van der Waals surface area contributed by atoms with Gasteiger partial charge in [-0.2, -0.15) is 5.10 Å². The van der Waals surface area contributed by atoms with Crippen molar-refractivity contribution in [2.75, 3.05) is 0 Å². The van der Waals surface area contributed by atoms with Gasteiger partial charge in [-0.1, -0.05) is 32.1 Å². The molecule has 4 heteroatoms. The molecule has 0 saturated carbocycles. The molecule has 0 aliphatic carbocycles. The van der Waals surface area contributed by atoms with E-state index in [2.05, 4.69) is 42.1 Å². The highest BCUT2D eigenvalue weighted by molar-refractivity contribution is 5.85. The zero-order chi connectivity index (χ0) is 13.9. The third-order valence-electron chi connectivity index (χ3n) is 3.30. The van der Waals surface area contributed by atoms with Crippen LogP contribution in [0.1, 0.15) is 36.6 Å². The molecule has 0 amide bonds. The third-order valence-corrected chi connectivity index (χ3v) is 3.30. The monoisotopic (exact) mass is 299 g/mol. The Morgan fingerprint density at radius 1 is 1.05 bits per heavy atom. The molecule has 3 rings (SSSR count). The fourth-order valence-electron chi connectivity index (χ4n) is 2.29. The lowest BCUT2D eigenvalue weighted by atomic mass is 10.0. The topological polar surface area (TPSA) is 30.2 Å². The third kappa shape index (κ3) is 3.14. The standard InChI is InChI=1S/C17H17N3.ClH/c1-13(2)17-15(7-6-14-8-10-18-11-9-14)16-5-3-4-12-20(16)19-17;/h3-13H,1-2H3;1H/b7-6+;. The van der Waals surface area contributed by atoms with Crippen molar-refractivity contribution in [2.45, 2.75) is 19.8 Å². The van der Waals surface area contributed by atoms with E-state index in [1.165, 1.54) is 5.56 Å². The van der Waals surface area contributed by atoms with Crippen LogP contribution in [0.4, 0.5) is 0 Å². The average Bonchev–Trinajstić information content (AvgIpc) is 2.85.